The maximum absolute atomic E-state index is 13.2. The molecule has 0 atom stereocenters. The van der Waals surface area contributed by atoms with Crippen LogP contribution in [0.25, 0.3) is 55.1 Å². The van der Waals surface area contributed by atoms with Crippen molar-refractivity contribution in [3.8, 4) is 39.1 Å². The van der Waals surface area contributed by atoms with E-state index in [1.807, 2.05) is 31.6 Å². The molecule has 7 heteroatoms. The van der Waals surface area contributed by atoms with E-state index >= 15 is 0 Å². The summed E-state index contributed by atoms with van der Waals surface area (Å²) >= 11 is 0. The first-order valence-corrected chi connectivity index (χ1v) is 15.1. The van der Waals surface area contributed by atoms with Gasteiger partial charge in [-0.15, -0.1) is 0 Å². The Morgan fingerprint density at radius 3 is 2.42 bits per heavy atom. The number of aliphatic hydroxyl groups is 1. The Labute approximate surface area is 261 Å². The van der Waals surface area contributed by atoms with Gasteiger partial charge >= 0.3 is 5.97 Å². The molecule has 0 spiro atoms. The molecule has 224 valence electrons. The van der Waals surface area contributed by atoms with Gasteiger partial charge in [0.2, 0.25) is 0 Å². The number of esters is 1. The number of aryl methyl sites for hydroxylation is 1. The monoisotopic (exact) mass is 595 g/mol. The second kappa shape index (κ2) is 11.4. The molecular formula is C38H33N3O4. The number of rotatable bonds is 7. The fraction of sp³-hybridized carbons (Fsp3) is 0.211. The molecule has 3 heterocycles. The molecule has 0 saturated heterocycles. The highest BCUT2D eigenvalue weighted by Crippen LogP contribution is 2.43. The molecule has 0 saturated carbocycles. The lowest BCUT2D eigenvalue weighted by atomic mass is 9.86. The number of carbonyl (C=O) groups excluding carboxylic acids is 1. The summed E-state index contributed by atoms with van der Waals surface area (Å²) in [4.78, 5) is 26.3. The maximum atomic E-state index is 13.2. The predicted octanol–water partition coefficient (Wildman–Crippen LogP) is 7.28. The number of benzene rings is 4. The Morgan fingerprint density at radius 1 is 0.933 bits per heavy atom. The van der Waals surface area contributed by atoms with Gasteiger partial charge in [-0.05, 0) is 94.8 Å². The highest BCUT2D eigenvalue weighted by molar-refractivity contribution is 6.09. The van der Waals surface area contributed by atoms with Crippen LogP contribution in [0.3, 0.4) is 0 Å². The molecule has 2 aromatic heterocycles. The smallest absolute Gasteiger partial charge is 0.310 e. The number of hydrogen-bond donors (Lipinski definition) is 1. The quantitative estimate of drug-likeness (QED) is 0.194. The highest BCUT2D eigenvalue weighted by Gasteiger charge is 2.24. The van der Waals surface area contributed by atoms with E-state index in [0.29, 0.717) is 6.61 Å². The Kier molecular flexibility index (Phi) is 7.26. The number of aromatic nitrogens is 3. The molecule has 7 nitrogen and oxygen atoms in total. The van der Waals surface area contributed by atoms with Crippen molar-refractivity contribution in [2.75, 3.05) is 13.2 Å². The lowest BCUT2D eigenvalue weighted by Gasteiger charge is -2.22. The maximum Gasteiger partial charge on any atom is 0.310 e. The van der Waals surface area contributed by atoms with Crippen molar-refractivity contribution in [1.29, 1.82) is 0 Å². The fourth-order valence-corrected chi connectivity index (χ4v) is 6.16. The number of pyridine rings is 1. The van der Waals surface area contributed by atoms with Gasteiger partial charge in [-0.1, -0.05) is 42.5 Å². The second-order valence-corrected chi connectivity index (χ2v) is 12.2. The van der Waals surface area contributed by atoms with Crippen molar-refractivity contribution in [1.82, 2.24) is 15.0 Å². The second-order valence-electron chi connectivity index (χ2n) is 12.2. The van der Waals surface area contributed by atoms with Crippen LogP contribution in [0, 0.1) is 6.92 Å². The van der Waals surface area contributed by atoms with Gasteiger partial charge in [-0.3, -0.25) is 9.78 Å². The zero-order valence-electron chi connectivity index (χ0n) is 25.5. The topological polar surface area (TPSA) is 94.4 Å². The van der Waals surface area contributed by atoms with E-state index in [4.69, 9.17) is 14.5 Å². The summed E-state index contributed by atoms with van der Waals surface area (Å²) in [7, 11) is 0. The van der Waals surface area contributed by atoms with E-state index in [-0.39, 0.29) is 19.0 Å². The van der Waals surface area contributed by atoms with Gasteiger partial charge < -0.3 is 14.6 Å². The van der Waals surface area contributed by atoms with Gasteiger partial charge in [-0.2, -0.15) is 0 Å². The van der Waals surface area contributed by atoms with Crippen LogP contribution in [0.4, 0.5) is 0 Å². The SMILES string of the molecule is Cc1cc2cc(-c3ccc(-c4cncnc4)cc3)ccc2c(-c2ccc3c4c(ccnc24)CCO3)c1CC(=O)OCC(C)(C)O. The molecule has 0 radical (unpaired) electrons. The Morgan fingerprint density at radius 2 is 1.67 bits per heavy atom. The van der Waals surface area contributed by atoms with Crippen LogP contribution in [-0.2, 0) is 22.4 Å². The van der Waals surface area contributed by atoms with Gasteiger partial charge in [0, 0.05) is 41.5 Å². The van der Waals surface area contributed by atoms with Crippen LogP contribution in [0.5, 0.6) is 5.75 Å². The normalized spacial score (nSPS) is 12.7. The number of nitrogens with zero attached hydrogens (tertiary/aromatic N) is 3. The summed E-state index contributed by atoms with van der Waals surface area (Å²) in [6.07, 6.45) is 7.89. The predicted molar refractivity (Wildman–Crippen MR) is 176 cm³/mol. The largest absolute Gasteiger partial charge is 0.493 e. The molecule has 0 amide bonds. The first kappa shape index (κ1) is 28.6. The third-order valence-corrected chi connectivity index (χ3v) is 8.33. The fourth-order valence-electron chi connectivity index (χ4n) is 6.16. The third-order valence-electron chi connectivity index (χ3n) is 8.33. The number of ether oxygens (including phenoxy) is 2. The molecule has 7 rings (SSSR count). The van der Waals surface area contributed by atoms with Gasteiger partial charge in [-0.25, -0.2) is 9.97 Å². The molecule has 1 N–H and O–H groups in total. The Balaban J connectivity index is 1.37. The summed E-state index contributed by atoms with van der Waals surface area (Å²) in [6.45, 7) is 5.84. The van der Waals surface area contributed by atoms with E-state index in [0.717, 1.165) is 78.4 Å². The van der Waals surface area contributed by atoms with Crippen molar-refractivity contribution in [3.05, 3.63) is 108 Å². The number of carbonyl (C=O) groups is 1. The van der Waals surface area contributed by atoms with Crippen LogP contribution in [0.1, 0.15) is 30.5 Å². The van der Waals surface area contributed by atoms with E-state index in [2.05, 4.69) is 70.6 Å². The summed E-state index contributed by atoms with van der Waals surface area (Å²) in [5.74, 6) is 0.444. The third kappa shape index (κ3) is 5.63. The van der Waals surface area contributed by atoms with Crippen molar-refractivity contribution in [2.24, 2.45) is 0 Å². The minimum absolute atomic E-state index is 0.0685. The van der Waals surface area contributed by atoms with E-state index in [1.54, 1.807) is 13.8 Å². The standard InChI is InChI=1S/C38H33N3O4/c1-23-16-28-17-27(24-4-6-25(7-5-24)29-19-39-22-40-20-29)8-9-30(28)36(32(23)18-34(42)45-21-38(2,3)43)31-10-11-33-35-26(13-15-44-33)12-14-41-37(31)35/h4-12,14,16-17,19-20,22,43H,13,15,18,21H2,1-3H3. The van der Waals surface area contributed by atoms with Crippen LogP contribution < -0.4 is 4.74 Å². The van der Waals surface area contributed by atoms with Crippen molar-refractivity contribution < 1.29 is 19.4 Å². The van der Waals surface area contributed by atoms with Crippen molar-refractivity contribution in [3.63, 3.8) is 0 Å². The minimum atomic E-state index is -1.11. The lowest BCUT2D eigenvalue weighted by molar-refractivity contribution is -0.149. The minimum Gasteiger partial charge on any atom is -0.493 e. The Bertz CT molecular complexity index is 2060. The lowest BCUT2D eigenvalue weighted by Crippen LogP contribution is -2.28. The van der Waals surface area contributed by atoms with Crippen molar-refractivity contribution in [2.45, 2.75) is 39.2 Å². The van der Waals surface area contributed by atoms with Crippen LogP contribution >= 0.6 is 0 Å². The summed E-state index contributed by atoms with van der Waals surface area (Å²) < 4.78 is 11.5. The van der Waals surface area contributed by atoms with E-state index in [1.165, 1.54) is 11.9 Å². The van der Waals surface area contributed by atoms with E-state index < -0.39 is 5.60 Å². The number of fused-ring (bicyclic) bond motifs is 1. The zero-order chi connectivity index (χ0) is 31.1. The molecule has 1 aliphatic rings. The molecule has 45 heavy (non-hydrogen) atoms. The van der Waals surface area contributed by atoms with Gasteiger partial charge in [0.25, 0.3) is 0 Å². The average Bonchev–Trinajstić information content (AvgIpc) is 3.05. The van der Waals surface area contributed by atoms with Gasteiger partial charge in [0.1, 0.15) is 18.7 Å². The van der Waals surface area contributed by atoms with Crippen LogP contribution in [0.2, 0.25) is 0 Å². The molecule has 0 bridgehead atoms. The average molecular weight is 596 g/mol. The molecular weight excluding hydrogens is 562 g/mol. The Hall–Kier alpha value is -5.14. The summed E-state index contributed by atoms with van der Waals surface area (Å²) in [5.41, 5.74) is 8.92. The van der Waals surface area contributed by atoms with Crippen LogP contribution in [0.15, 0.2) is 91.6 Å². The molecule has 0 aliphatic carbocycles. The molecule has 6 aromatic rings. The zero-order valence-corrected chi connectivity index (χ0v) is 25.5. The van der Waals surface area contributed by atoms with E-state index in [9.17, 15) is 9.90 Å². The summed E-state index contributed by atoms with van der Waals surface area (Å²) in [5, 5.41) is 13.3. The molecule has 0 unspecified atom stereocenters. The molecule has 4 aromatic carbocycles. The summed E-state index contributed by atoms with van der Waals surface area (Å²) in [6, 6.07) is 23.1. The molecule has 0 fully saturated rings. The number of hydrogen-bond acceptors (Lipinski definition) is 7. The van der Waals surface area contributed by atoms with Gasteiger partial charge in [0.15, 0.2) is 0 Å². The first-order valence-electron chi connectivity index (χ1n) is 15.1. The van der Waals surface area contributed by atoms with Crippen molar-refractivity contribution >= 4 is 27.6 Å². The molecule has 1 aliphatic heterocycles. The first-order chi connectivity index (χ1) is 21.7. The van der Waals surface area contributed by atoms with Gasteiger partial charge in [0.05, 0.1) is 24.1 Å². The van der Waals surface area contributed by atoms with Crippen LogP contribution in [-0.4, -0.2) is 44.8 Å². The highest BCUT2D eigenvalue weighted by atomic mass is 16.5.